The smallest absolute Gasteiger partial charge is 0.130 e. The Morgan fingerprint density at radius 3 is 1.19 bits per heavy atom. The van der Waals surface area contributed by atoms with E-state index in [1.165, 1.54) is 24.3 Å². The van der Waals surface area contributed by atoms with Crippen LogP contribution in [0.4, 0.5) is 8.78 Å². The number of ether oxygens (including phenoxy) is 3. The van der Waals surface area contributed by atoms with Gasteiger partial charge in [-0.25, -0.2) is 8.78 Å². The monoisotopic (exact) mass is 750 g/mol. The number of halogens is 4. The largest absolute Gasteiger partial charge is 0.457 e. The first kappa shape index (κ1) is 38.1. The normalized spacial score (nSPS) is 13.0. The molecule has 0 saturated carbocycles. The molecule has 0 saturated heterocycles. The van der Waals surface area contributed by atoms with Gasteiger partial charge in [0.2, 0.25) is 0 Å². The van der Waals surface area contributed by atoms with Gasteiger partial charge in [-0.05, 0) is 108 Å². The Labute approximate surface area is 321 Å². The fraction of sp³-hybridized carbons (Fsp3) is 0.217. The molecule has 0 aliphatic carbocycles. The van der Waals surface area contributed by atoms with Crippen LogP contribution in [0, 0.1) is 11.6 Å². The zero-order chi connectivity index (χ0) is 37.6. The summed E-state index contributed by atoms with van der Waals surface area (Å²) in [5.74, 6) is 1.15. The lowest BCUT2D eigenvalue weighted by Crippen LogP contribution is -2.46. The summed E-state index contributed by atoms with van der Waals surface area (Å²) in [7, 11) is 0. The first-order valence-corrected chi connectivity index (χ1v) is 18.3. The fourth-order valence-corrected chi connectivity index (χ4v) is 6.80. The third-order valence-corrected chi connectivity index (χ3v) is 10.3. The Morgan fingerprint density at radius 1 is 0.472 bits per heavy atom. The molecule has 0 heterocycles. The van der Waals surface area contributed by atoms with E-state index in [4.69, 9.17) is 37.4 Å². The van der Waals surface area contributed by atoms with Gasteiger partial charge < -0.3 is 14.2 Å². The van der Waals surface area contributed by atoms with Crippen LogP contribution in [0.2, 0.25) is 10.0 Å². The van der Waals surface area contributed by atoms with E-state index >= 15 is 8.78 Å². The maximum absolute atomic E-state index is 15.3. The molecular weight excluding hydrogens is 709 g/mol. The van der Waals surface area contributed by atoms with Gasteiger partial charge in [0.1, 0.15) is 34.6 Å². The summed E-state index contributed by atoms with van der Waals surface area (Å²) >= 11 is 12.7. The van der Waals surface area contributed by atoms with Gasteiger partial charge in [-0.3, -0.25) is 0 Å². The summed E-state index contributed by atoms with van der Waals surface area (Å²) in [5, 5.41) is 1.24. The number of benzene rings is 6. The lowest BCUT2D eigenvalue weighted by molar-refractivity contribution is -0.0753. The molecule has 0 fully saturated rings. The molecule has 3 nitrogen and oxygen atoms in total. The number of para-hydroxylation sites is 2. The van der Waals surface area contributed by atoms with Crippen molar-refractivity contribution in [3.63, 3.8) is 0 Å². The van der Waals surface area contributed by atoms with Gasteiger partial charge in [0, 0.05) is 33.0 Å². The standard InChI is InChI=1S/C46H42Cl2F2O3/c1-45(2,33-15-19-35(47)20-16-33)43(27-31-23-37(49)29-41(25-31)51-39-11-7-5-8-12-39)53-44(46(3,4)34-17-21-36(48)22-18-34)28-32-24-38(50)30-42(26-32)52-40-13-9-6-10-14-40/h5-26,29-30,43-44H,27-28H2,1-4H3. The molecular formula is C46H42Cl2F2O3. The third-order valence-electron chi connectivity index (χ3n) is 9.78. The van der Waals surface area contributed by atoms with Crippen molar-refractivity contribution < 1.29 is 23.0 Å². The van der Waals surface area contributed by atoms with E-state index in [0.29, 0.717) is 57.0 Å². The topological polar surface area (TPSA) is 27.7 Å². The van der Waals surface area contributed by atoms with E-state index in [-0.39, 0.29) is 0 Å². The lowest BCUT2D eigenvalue weighted by Gasteiger charge is -2.43. The predicted molar refractivity (Wildman–Crippen MR) is 211 cm³/mol. The van der Waals surface area contributed by atoms with Crippen molar-refractivity contribution in [2.75, 3.05) is 0 Å². The molecule has 0 N–H and O–H groups in total. The van der Waals surface area contributed by atoms with Crippen LogP contribution >= 0.6 is 23.2 Å². The summed E-state index contributed by atoms with van der Waals surface area (Å²) in [5.41, 5.74) is 2.20. The Balaban J connectivity index is 1.41. The second kappa shape index (κ2) is 16.6. The van der Waals surface area contributed by atoms with Gasteiger partial charge >= 0.3 is 0 Å². The Bertz CT molecular complexity index is 1950. The van der Waals surface area contributed by atoms with Crippen LogP contribution in [-0.2, 0) is 28.4 Å². The van der Waals surface area contributed by atoms with Crippen LogP contribution in [0.15, 0.2) is 146 Å². The van der Waals surface area contributed by atoms with Crippen molar-refractivity contribution >= 4 is 23.2 Å². The third kappa shape index (κ3) is 9.85. The van der Waals surface area contributed by atoms with Gasteiger partial charge in [0.05, 0.1) is 12.2 Å². The number of hydrogen-bond acceptors (Lipinski definition) is 3. The van der Waals surface area contributed by atoms with Gasteiger partial charge in [-0.1, -0.05) is 112 Å². The highest BCUT2D eigenvalue weighted by molar-refractivity contribution is 6.30. The highest BCUT2D eigenvalue weighted by Gasteiger charge is 2.40. The molecule has 6 rings (SSSR count). The minimum absolute atomic E-state index is 0.344. The summed E-state index contributed by atoms with van der Waals surface area (Å²) in [6.45, 7) is 8.45. The first-order chi connectivity index (χ1) is 25.3. The van der Waals surface area contributed by atoms with E-state index < -0.39 is 34.7 Å². The van der Waals surface area contributed by atoms with E-state index in [2.05, 4.69) is 27.7 Å². The van der Waals surface area contributed by atoms with Crippen molar-refractivity contribution in [1.82, 2.24) is 0 Å². The predicted octanol–water partition coefficient (Wildman–Crippen LogP) is 13.4. The maximum Gasteiger partial charge on any atom is 0.130 e. The Hall–Kier alpha value is -4.68. The zero-order valence-corrected chi connectivity index (χ0v) is 31.7. The molecule has 53 heavy (non-hydrogen) atoms. The number of hydrogen-bond donors (Lipinski definition) is 0. The van der Waals surface area contributed by atoms with Crippen molar-refractivity contribution in [3.05, 3.63) is 190 Å². The fourth-order valence-electron chi connectivity index (χ4n) is 6.55. The molecule has 0 aromatic heterocycles. The Morgan fingerprint density at radius 2 is 0.830 bits per heavy atom. The SMILES string of the molecule is CC(C)(c1ccc(Cl)cc1)C(Cc1cc(F)cc(Oc2ccccc2)c1)OC(Cc1cc(F)cc(Oc2ccccc2)c1)C(C)(C)c1ccc(Cl)cc1. The van der Waals surface area contributed by atoms with Crippen molar-refractivity contribution in [1.29, 1.82) is 0 Å². The lowest BCUT2D eigenvalue weighted by atomic mass is 9.74. The van der Waals surface area contributed by atoms with E-state index in [0.717, 1.165) is 11.1 Å². The van der Waals surface area contributed by atoms with Gasteiger partial charge in [0.15, 0.2) is 0 Å². The van der Waals surface area contributed by atoms with Gasteiger partial charge in [-0.2, -0.15) is 0 Å². The Kier molecular flexibility index (Phi) is 11.9. The molecule has 0 amide bonds. The highest BCUT2D eigenvalue weighted by Crippen LogP contribution is 2.39. The summed E-state index contributed by atoms with van der Waals surface area (Å²) in [6, 6.07) is 43.5. The van der Waals surface area contributed by atoms with E-state index in [9.17, 15) is 0 Å². The summed E-state index contributed by atoms with van der Waals surface area (Å²) in [4.78, 5) is 0. The first-order valence-electron chi connectivity index (χ1n) is 17.6. The molecule has 0 radical (unpaired) electrons. The maximum atomic E-state index is 15.3. The molecule has 2 atom stereocenters. The average Bonchev–Trinajstić information content (AvgIpc) is 3.12. The van der Waals surface area contributed by atoms with E-state index in [1.54, 1.807) is 0 Å². The molecule has 6 aromatic rings. The van der Waals surface area contributed by atoms with Crippen molar-refractivity contribution in [3.8, 4) is 23.0 Å². The van der Waals surface area contributed by atoms with Crippen LogP contribution in [0.3, 0.4) is 0 Å². The van der Waals surface area contributed by atoms with Crippen molar-refractivity contribution in [2.24, 2.45) is 0 Å². The quantitative estimate of drug-likeness (QED) is 0.111. The van der Waals surface area contributed by atoms with Crippen LogP contribution in [0.1, 0.15) is 49.9 Å². The second-order valence-electron chi connectivity index (χ2n) is 14.4. The second-order valence-corrected chi connectivity index (χ2v) is 15.3. The van der Waals surface area contributed by atoms with Gasteiger partial charge in [-0.15, -0.1) is 0 Å². The highest BCUT2D eigenvalue weighted by atomic mass is 35.5. The summed E-state index contributed by atoms with van der Waals surface area (Å²) < 4.78 is 50.0. The van der Waals surface area contributed by atoms with E-state index in [1.807, 2.05) is 121 Å². The molecule has 2 unspecified atom stereocenters. The average molecular weight is 752 g/mol. The van der Waals surface area contributed by atoms with Crippen LogP contribution in [0.25, 0.3) is 0 Å². The molecule has 272 valence electrons. The number of rotatable bonds is 14. The molecule has 0 aliphatic heterocycles. The molecule has 6 aromatic carbocycles. The van der Waals surface area contributed by atoms with Crippen LogP contribution in [0.5, 0.6) is 23.0 Å². The molecule has 0 spiro atoms. The summed E-state index contributed by atoms with van der Waals surface area (Å²) in [6.07, 6.45) is -0.311. The van der Waals surface area contributed by atoms with Crippen LogP contribution < -0.4 is 9.47 Å². The van der Waals surface area contributed by atoms with Crippen LogP contribution in [-0.4, -0.2) is 12.2 Å². The minimum atomic E-state index is -0.602. The minimum Gasteiger partial charge on any atom is -0.457 e. The van der Waals surface area contributed by atoms with Gasteiger partial charge in [0.25, 0.3) is 0 Å². The molecule has 0 bridgehead atoms. The van der Waals surface area contributed by atoms with Crippen molar-refractivity contribution in [2.45, 2.75) is 63.6 Å². The molecule has 7 heteroatoms. The molecule has 0 aliphatic rings. The zero-order valence-electron chi connectivity index (χ0n) is 30.2.